The predicted molar refractivity (Wildman–Crippen MR) is 68.0 cm³/mol. The molecule has 104 valence electrons. The van der Waals surface area contributed by atoms with Crippen LogP contribution in [0.3, 0.4) is 0 Å². The smallest absolute Gasteiger partial charge is 0.332 e. The minimum absolute atomic E-state index is 0.343. The Bertz CT molecular complexity index is 668. The summed E-state index contributed by atoms with van der Waals surface area (Å²) in [6, 6.07) is 5.11. The van der Waals surface area contributed by atoms with Gasteiger partial charge >= 0.3 is 5.97 Å². The number of amides is 1. The van der Waals surface area contributed by atoms with Gasteiger partial charge in [0.2, 0.25) is 0 Å². The second-order valence-electron chi connectivity index (χ2n) is 4.55. The highest BCUT2D eigenvalue weighted by molar-refractivity contribution is 5.96. The van der Waals surface area contributed by atoms with E-state index in [2.05, 4.69) is 20.7 Å². The van der Waals surface area contributed by atoms with Crippen LogP contribution in [0, 0.1) is 0 Å². The van der Waals surface area contributed by atoms with Crippen LogP contribution in [0.4, 0.5) is 5.69 Å². The summed E-state index contributed by atoms with van der Waals surface area (Å²) in [5.41, 5.74) is 1.91. The third kappa shape index (κ3) is 2.32. The van der Waals surface area contributed by atoms with Crippen LogP contribution in [0.2, 0.25) is 0 Å². The SMILES string of the molecule is O=C(Nc1ccc2n[nH]nc2c1)[C@@H]1CC[C@H](C(=O)O)O1. The van der Waals surface area contributed by atoms with Crippen molar-refractivity contribution in [1.82, 2.24) is 15.4 Å². The number of aliphatic carboxylic acids is 1. The largest absolute Gasteiger partial charge is 0.479 e. The van der Waals surface area contributed by atoms with Gasteiger partial charge in [-0.3, -0.25) is 4.79 Å². The molecule has 0 radical (unpaired) electrons. The summed E-state index contributed by atoms with van der Waals surface area (Å²) < 4.78 is 5.18. The van der Waals surface area contributed by atoms with Gasteiger partial charge in [-0.15, -0.1) is 0 Å². The van der Waals surface area contributed by atoms with Gasteiger partial charge in [0.15, 0.2) is 6.10 Å². The summed E-state index contributed by atoms with van der Waals surface area (Å²) in [4.78, 5) is 22.8. The minimum Gasteiger partial charge on any atom is -0.479 e. The van der Waals surface area contributed by atoms with E-state index in [0.29, 0.717) is 29.6 Å². The Balaban J connectivity index is 1.68. The molecule has 2 atom stereocenters. The van der Waals surface area contributed by atoms with E-state index in [1.807, 2.05) is 0 Å². The van der Waals surface area contributed by atoms with Crippen molar-refractivity contribution >= 4 is 28.6 Å². The van der Waals surface area contributed by atoms with E-state index in [1.54, 1.807) is 18.2 Å². The average molecular weight is 276 g/mol. The summed E-state index contributed by atoms with van der Waals surface area (Å²) in [5.74, 6) is -1.39. The minimum atomic E-state index is -1.04. The number of benzene rings is 1. The van der Waals surface area contributed by atoms with Crippen LogP contribution in [-0.4, -0.2) is 44.6 Å². The van der Waals surface area contributed by atoms with Crippen molar-refractivity contribution in [3.63, 3.8) is 0 Å². The van der Waals surface area contributed by atoms with Gasteiger partial charge in [0.1, 0.15) is 17.1 Å². The van der Waals surface area contributed by atoms with Gasteiger partial charge in [0.25, 0.3) is 5.91 Å². The molecule has 1 aliphatic rings. The van der Waals surface area contributed by atoms with E-state index in [-0.39, 0.29) is 5.91 Å². The summed E-state index contributed by atoms with van der Waals surface area (Å²) in [5, 5.41) is 21.8. The fraction of sp³-hybridized carbons (Fsp3) is 0.333. The van der Waals surface area contributed by atoms with E-state index in [4.69, 9.17) is 9.84 Å². The third-order valence-electron chi connectivity index (χ3n) is 3.17. The molecule has 0 spiro atoms. The number of aromatic nitrogens is 3. The number of H-pyrrole nitrogens is 1. The van der Waals surface area contributed by atoms with Crippen LogP contribution >= 0.6 is 0 Å². The number of rotatable bonds is 3. The van der Waals surface area contributed by atoms with Gasteiger partial charge in [-0.05, 0) is 31.0 Å². The summed E-state index contributed by atoms with van der Waals surface area (Å²) >= 11 is 0. The summed E-state index contributed by atoms with van der Waals surface area (Å²) in [6.45, 7) is 0. The fourth-order valence-corrected chi connectivity index (χ4v) is 2.15. The first-order valence-corrected chi connectivity index (χ1v) is 6.13. The molecule has 8 heteroatoms. The number of carboxylic acid groups (broad SMARTS) is 1. The van der Waals surface area contributed by atoms with Gasteiger partial charge < -0.3 is 15.2 Å². The van der Waals surface area contributed by atoms with Gasteiger partial charge in [-0.2, -0.15) is 15.4 Å². The van der Waals surface area contributed by atoms with E-state index in [9.17, 15) is 9.59 Å². The molecule has 0 saturated carbocycles. The zero-order valence-electron chi connectivity index (χ0n) is 10.4. The van der Waals surface area contributed by atoms with Gasteiger partial charge in [0, 0.05) is 5.69 Å². The maximum atomic E-state index is 12.0. The number of ether oxygens (including phenoxy) is 1. The van der Waals surface area contributed by atoms with E-state index >= 15 is 0 Å². The van der Waals surface area contributed by atoms with Gasteiger partial charge in [0.05, 0.1) is 0 Å². The normalized spacial score (nSPS) is 22.0. The Labute approximate surface area is 113 Å². The number of nitrogens with one attached hydrogen (secondary N) is 2. The fourth-order valence-electron chi connectivity index (χ4n) is 2.15. The van der Waals surface area contributed by atoms with Crippen molar-refractivity contribution in [2.75, 3.05) is 5.32 Å². The van der Waals surface area contributed by atoms with Crippen LogP contribution in [0.5, 0.6) is 0 Å². The molecular weight excluding hydrogens is 264 g/mol. The first-order chi connectivity index (χ1) is 9.63. The molecule has 1 aromatic carbocycles. The Hall–Kier alpha value is -2.48. The lowest BCUT2D eigenvalue weighted by molar-refractivity contribution is -0.150. The Morgan fingerprint density at radius 2 is 2.00 bits per heavy atom. The highest BCUT2D eigenvalue weighted by Crippen LogP contribution is 2.22. The highest BCUT2D eigenvalue weighted by atomic mass is 16.5. The lowest BCUT2D eigenvalue weighted by Gasteiger charge is -2.11. The van der Waals surface area contributed by atoms with Crippen molar-refractivity contribution in [2.24, 2.45) is 0 Å². The zero-order chi connectivity index (χ0) is 14.1. The number of carbonyl (C=O) groups excluding carboxylic acids is 1. The monoisotopic (exact) mass is 276 g/mol. The van der Waals surface area contributed by atoms with Crippen molar-refractivity contribution < 1.29 is 19.4 Å². The lowest BCUT2D eigenvalue weighted by Crippen LogP contribution is -2.29. The van der Waals surface area contributed by atoms with Crippen LogP contribution < -0.4 is 5.32 Å². The molecule has 3 rings (SSSR count). The Morgan fingerprint density at radius 3 is 2.75 bits per heavy atom. The van der Waals surface area contributed by atoms with Crippen molar-refractivity contribution in [3.8, 4) is 0 Å². The number of aromatic amines is 1. The first kappa shape index (κ1) is 12.5. The van der Waals surface area contributed by atoms with Gasteiger partial charge in [-0.25, -0.2) is 4.79 Å². The predicted octanol–water partition coefficient (Wildman–Crippen LogP) is 0.529. The number of nitrogens with zero attached hydrogens (tertiary/aromatic N) is 2. The standard InChI is InChI=1S/C12H12N4O4/c17-11(9-3-4-10(20-9)12(18)19)13-6-1-2-7-8(5-6)15-16-14-7/h1-2,5,9-10H,3-4H2,(H,13,17)(H,18,19)(H,14,15,16)/t9-,10+/m0/s1. The Morgan fingerprint density at radius 1 is 1.25 bits per heavy atom. The van der Waals surface area contributed by atoms with Gasteiger partial charge in [-0.1, -0.05) is 0 Å². The van der Waals surface area contributed by atoms with Crippen molar-refractivity contribution in [3.05, 3.63) is 18.2 Å². The van der Waals surface area contributed by atoms with Crippen molar-refractivity contribution in [2.45, 2.75) is 25.0 Å². The number of hydrogen-bond donors (Lipinski definition) is 3. The second kappa shape index (κ2) is 4.89. The number of carbonyl (C=O) groups is 2. The molecule has 3 N–H and O–H groups in total. The number of anilines is 1. The molecule has 1 aromatic heterocycles. The molecule has 1 amide bonds. The molecule has 0 bridgehead atoms. The van der Waals surface area contributed by atoms with Crippen LogP contribution in [-0.2, 0) is 14.3 Å². The maximum absolute atomic E-state index is 12.0. The molecule has 0 aliphatic carbocycles. The highest BCUT2D eigenvalue weighted by Gasteiger charge is 2.34. The second-order valence-corrected chi connectivity index (χ2v) is 4.55. The molecule has 2 aromatic rings. The lowest BCUT2D eigenvalue weighted by atomic mass is 10.2. The quantitative estimate of drug-likeness (QED) is 0.752. The molecule has 20 heavy (non-hydrogen) atoms. The van der Waals surface area contributed by atoms with E-state index in [1.165, 1.54) is 0 Å². The Kier molecular flexibility index (Phi) is 3.07. The van der Waals surface area contributed by atoms with Crippen LogP contribution in [0.15, 0.2) is 18.2 Å². The molecule has 0 unspecified atom stereocenters. The molecule has 2 heterocycles. The maximum Gasteiger partial charge on any atom is 0.332 e. The number of carboxylic acids is 1. The summed E-state index contributed by atoms with van der Waals surface area (Å²) in [6.07, 6.45) is -0.891. The van der Waals surface area contributed by atoms with E-state index < -0.39 is 18.2 Å². The van der Waals surface area contributed by atoms with Crippen LogP contribution in [0.1, 0.15) is 12.8 Å². The first-order valence-electron chi connectivity index (χ1n) is 6.13. The summed E-state index contributed by atoms with van der Waals surface area (Å²) in [7, 11) is 0. The molecule has 1 saturated heterocycles. The molecule has 1 fully saturated rings. The third-order valence-corrected chi connectivity index (χ3v) is 3.17. The zero-order valence-corrected chi connectivity index (χ0v) is 10.4. The van der Waals surface area contributed by atoms with Crippen molar-refractivity contribution in [1.29, 1.82) is 0 Å². The van der Waals surface area contributed by atoms with E-state index in [0.717, 1.165) is 0 Å². The molecule has 1 aliphatic heterocycles. The van der Waals surface area contributed by atoms with Crippen LogP contribution in [0.25, 0.3) is 11.0 Å². The number of fused-ring (bicyclic) bond motifs is 1. The average Bonchev–Trinajstić information content (AvgIpc) is 3.07. The molecular formula is C12H12N4O4. The number of hydrogen-bond acceptors (Lipinski definition) is 5. The topological polar surface area (TPSA) is 117 Å². The molecule has 8 nitrogen and oxygen atoms in total.